The topological polar surface area (TPSA) is 133 Å². The number of aromatic nitrogens is 2. The first-order valence-corrected chi connectivity index (χ1v) is 5.24. The molecular weight excluding hydrogens is 238 g/mol. The average molecular weight is 253 g/mol. The number of carbonyl (C=O) groups excluding carboxylic acids is 2. The summed E-state index contributed by atoms with van der Waals surface area (Å²) in [6, 6.07) is 1.52. The number of nitrogens with two attached hydrogens (primary N) is 2. The van der Waals surface area contributed by atoms with Crippen molar-refractivity contribution in [2.45, 2.75) is 6.92 Å². The van der Waals surface area contributed by atoms with Crippen molar-refractivity contribution in [1.82, 2.24) is 15.3 Å². The van der Waals surface area contributed by atoms with Gasteiger partial charge in [0.1, 0.15) is 12.3 Å². The Bertz CT molecular complexity index is 429. The first kappa shape index (κ1) is 13.8. The minimum atomic E-state index is -0.555. The summed E-state index contributed by atoms with van der Waals surface area (Å²) in [7, 11) is 0. The molecule has 8 nitrogen and oxygen atoms in total. The summed E-state index contributed by atoms with van der Waals surface area (Å²) >= 11 is 0. The van der Waals surface area contributed by atoms with Crippen LogP contribution in [0.5, 0.6) is 0 Å². The summed E-state index contributed by atoms with van der Waals surface area (Å²) in [5.41, 5.74) is 11.1. The maximum atomic E-state index is 11.6. The van der Waals surface area contributed by atoms with Crippen molar-refractivity contribution in [3.8, 4) is 0 Å². The van der Waals surface area contributed by atoms with Crippen LogP contribution in [0.4, 0.5) is 5.95 Å². The van der Waals surface area contributed by atoms with Crippen LogP contribution in [0.3, 0.4) is 0 Å². The highest BCUT2D eigenvalue weighted by molar-refractivity contribution is 5.92. The Balaban J connectivity index is 2.38. The smallest absolute Gasteiger partial charge is 0.270 e. The van der Waals surface area contributed by atoms with Crippen molar-refractivity contribution in [2.24, 2.45) is 5.73 Å². The predicted molar refractivity (Wildman–Crippen MR) is 63.5 cm³/mol. The number of nitrogens with zero attached hydrogens (tertiary/aromatic N) is 2. The number of ether oxygens (including phenoxy) is 1. The second-order valence-electron chi connectivity index (χ2n) is 3.53. The number of aryl methyl sites for hydroxylation is 1. The largest absolute Gasteiger partial charge is 0.370 e. The standard InChI is InChI=1S/C10H15N5O3/c1-6-4-7(15-10(12)14-6)9(17)13-2-3-18-5-8(11)16/h4H,2-3,5H2,1H3,(H2,11,16)(H,13,17)(H2,12,14,15). The maximum absolute atomic E-state index is 11.6. The van der Waals surface area contributed by atoms with Gasteiger partial charge in [-0.2, -0.15) is 0 Å². The summed E-state index contributed by atoms with van der Waals surface area (Å²) in [6.45, 7) is 1.98. The zero-order valence-electron chi connectivity index (χ0n) is 9.97. The van der Waals surface area contributed by atoms with Gasteiger partial charge in [-0.1, -0.05) is 0 Å². The molecule has 0 radical (unpaired) electrons. The second-order valence-corrected chi connectivity index (χ2v) is 3.53. The average Bonchev–Trinajstić information content (AvgIpc) is 2.26. The van der Waals surface area contributed by atoms with Crippen molar-refractivity contribution in [3.05, 3.63) is 17.5 Å². The summed E-state index contributed by atoms with van der Waals surface area (Å²) in [5, 5.41) is 2.57. The van der Waals surface area contributed by atoms with Gasteiger partial charge in [0.05, 0.1) is 6.61 Å². The minimum Gasteiger partial charge on any atom is -0.370 e. The number of nitrogen functional groups attached to an aromatic ring is 1. The van der Waals surface area contributed by atoms with Gasteiger partial charge in [-0.15, -0.1) is 0 Å². The first-order chi connectivity index (χ1) is 8.49. The predicted octanol–water partition coefficient (Wildman–Crippen LogP) is -1.40. The fraction of sp³-hybridized carbons (Fsp3) is 0.400. The molecule has 0 atom stereocenters. The molecule has 0 aliphatic carbocycles. The molecule has 0 aliphatic rings. The normalized spacial score (nSPS) is 10.1. The fourth-order valence-corrected chi connectivity index (χ4v) is 1.21. The van der Waals surface area contributed by atoms with E-state index in [9.17, 15) is 9.59 Å². The van der Waals surface area contributed by atoms with Crippen LogP contribution in [-0.2, 0) is 9.53 Å². The Kier molecular flexibility index (Phi) is 5.00. The highest BCUT2D eigenvalue weighted by Gasteiger charge is 2.08. The van der Waals surface area contributed by atoms with Crippen molar-refractivity contribution in [1.29, 1.82) is 0 Å². The molecule has 1 rings (SSSR count). The van der Waals surface area contributed by atoms with Gasteiger partial charge in [-0.05, 0) is 13.0 Å². The lowest BCUT2D eigenvalue weighted by Gasteiger charge is -2.05. The van der Waals surface area contributed by atoms with Crippen LogP contribution < -0.4 is 16.8 Å². The van der Waals surface area contributed by atoms with Gasteiger partial charge in [0.2, 0.25) is 11.9 Å². The van der Waals surface area contributed by atoms with Gasteiger partial charge in [-0.25, -0.2) is 9.97 Å². The third kappa shape index (κ3) is 4.74. The van der Waals surface area contributed by atoms with Crippen LogP contribution in [0.1, 0.15) is 16.2 Å². The molecule has 0 aromatic carbocycles. The van der Waals surface area contributed by atoms with Gasteiger partial charge < -0.3 is 21.5 Å². The molecule has 1 aromatic rings. The number of rotatable bonds is 6. The molecule has 2 amide bonds. The Hall–Kier alpha value is -2.22. The van der Waals surface area contributed by atoms with E-state index in [1.165, 1.54) is 6.07 Å². The monoisotopic (exact) mass is 253 g/mol. The number of nitrogens with one attached hydrogen (secondary N) is 1. The second kappa shape index (κ2) is 6.50. The van der Waals surface area contributed by atoms with Gasteiger partial charge in [0.15, 0.2) is 0 Å². The Morgan fingerprint density at radius 3 is 2.78 bits per heavy atom. The van der Waals surface area contributed by atoms with E-state index in [4.69, 9.17) is 16.2 Å². The molecule has 1 aromatic heterocycles. The molecule has 1 heterocycles. The Morgan fingerprint density at radius 1 is 1.44 bits per heavy atom. The molecule has 0 bridgehead atoms. The molecule has 0 unspecified atom stereocenters. The number of primary amides is 1. The van der Waals surface area contributed by atoms with Gasteiger partial charge in [-0.3, -0.25) is 9.59 Å². The maximum Gasteiger partial charge on any atom is 0.270 e. The lowest BCUT2D eigenvalue weighted by Crippen LogP contribution is -2.29. The van der Waals surface area contributed by atoms with E-state index in [1.807, 2.05) is 0 Å². The number of carbonyl (C=O) groups is 2. The van der Waals surface area contributed by atoms with Crippen LogP contribution in [0.15, 0.2) is 6.07 Å². The zero-order valence-corrected chi connectivity index (χ0v) is 9.97. The molecule has 18 heavy (non-hydrogen) atoms. The molecule has 0 aliphatic heterocycles. The van der Waals surface area contributed by atoms with Crippen molar-refractivity contribution < 1.29 is 14.3 Å². The minimum absolute atomic E-state index is 0.0464. The molecular formula is C10H15N5O3. The summed E-state index contributed by atoms with van der Waals surface area (Å²) in [6.07, 6.45) is 0. The van der Waals surface area contributed by atoms with E-state index < -0.39 is 5.91 Å². The third-order valence-corrected chi connectivity index (χ3v) is 1.88. The molecule has 0 saturated carbocycles. The van der Waals surface area contributed by atoms with E-state index in [-0.39, 0.29) is 37.3 Å². The molecule has 98 valence electrons. The van der Waals surface area contributed by atoms with E-state index in [1.54, 1.807) is 6.92 Å². The number of hydrogen-bond donors (Lipinski definition) is 3. The SMILES string of the molecule is Cc1cc(C(=O)NCCOCC(N)=O)nc(N)n1. The van der Waals surface area contributed by atoms with Gasteiger partial charge in [0, 0.05) is 12.2 Å². The van der Waals surface area contributed by atoms with E-state index >= 15 is 0 Å². The van der Waals surface area contributed by atoms with Crippen LogP contribution in [0, 0.1) is 6.92 Å². The molecule has 0 saturated heterocycles. The summed E-state index contributed by atoms with van der Waals surface area (Å²) < 4.78 is 4.88. The number of amides is 2. The molecule has 0 fully saturated rings. The number of anilines is 1. The van der Waals surface area contributed by atoms with E-state index in [0.29, 0.717) is 5.69 Å². The van der Waals surface area contributed by atoms with Crippen LogP contribution in [0.25, 0.3) is 0 Å². The van der Waals surface area contributed by atoms with Gasteiger partial charge in [0.25, 0.3) is 5.91 Å². The van der Waals surface area contributed by atoms with Gasteiger partial charge >= 0.3 is 0 Å². The van der Waals surface area contributed by atoms with Crippen LogP contribution in [-0.4, -0.2) is 41.5 Å². The zero-order chi connectivity index (χ0) is 13.5. The molecule has 0 spiro atoms. The van der Waals surface area contributed by atoms with E-state index in [0.717, 1.165) is 0 Å². The molecule has 8 heteroatoms. The van der Waals surface area contributed by atoms with Crippen LogP contribution in [0.2, 0.25) is 0 Å². The molecule has 5 N–H and O–H groups in total. The van der Waals surface area contributed by atoms with Crippen molar-refractivity contribution in [3.63, 3.8) is 0 Å². The highest BCUT2D eigenvalue weighted by Crippen LogP contribution is 2.01. The third-order valence-electron chi connectivity index (χ3n) is 1.88. The van der Waals surface area contributed by atoms with Crippen molar-refractivity contribution >= 4 is 17.8 Å². The quantitative estimate of drug-likeness (QED) is 0.534. The van der Waals surface area contributed by atoms with Crippen LogP contribution >= 0.6 is 0 Å². The van der Waals surface area contributed by atoms with Crippen molar-refractivity contribution in [2.75, 3.05) is 25.5 Å². The van der Waals surface area contributed by atoms with E-state index in [2.05, 4.69) is 15.3 Å². The fourth-order valence-electron chi connectivity index (χ4n) is 1.21. The summed E-state index contributed by atoms with van der Waals surface area (Å²) in [5.74, 6) is -0.888. The first-order valence-electron chi connectivity index (χ1n) is 5.24. The lowest BCUT2D eigenvalue weighted by molar-refractivity contribution is -0.122. The highest BCUT2D eigenvalue weighted by atomic mass is 16.5. The summed E-state index contributed by atoms with van der Waals surface area (Å²) in [4.78, 5) is 29.7. The Morgan fingerprint density at radius 2 is 2.17 bits per heavy atom. The Labute approximate surface area is 104 Å². The lowest BCUT2D eigenvalue weighted by atomic mass is 10.3. The number of hydrogen-bond acceptors (Lipinski definition) is 6.